The molecule has 0 aliphatic heterocycles. The first kappa shape index (κ1) is 15.9. The van der Waals surface area contributed by atoms with Gasteiger partial charge in [-0.3, -0.25) is 4.79 Å². The molecule has 9 heteroatoms. The number of thioether (sulfide) groups is 1. The van der Waals surface area contributed by atoms with Crippen LogP contribution in [0.4, 0.5) is 8.78 Å². The Balaban J connectivity index is 1.98. The van der Waals surface area contributed by atoms with E-state index < -0.39 is 11.7 Å². The number of thiazole rings is 1. The van der Waals surface area contributed by atoms with Crippen LogP contribution in [-0.2, 0) is 18.4 Å². The highest BCUT2D eigenvalue weighted by atomic mass is 32.2. The summed E-state index contributed by atoms with van der Waals surface area (Å²) in [6, 6.07) is 7.02. The first-order valence-corrected chi connectivity index (χ1v) is 8.38. The number of hydrogen-bond acceptors (Lipinski definition) is 4. The highest BCUT2D eigenvalue weighted by molar-refractivity contribution is 7.99. The Morgan fingerprint density at radius 1 is 1.43 bits per heavy atom. The Kier molecular flexibility index (Phi) is 4.58. The number of hydrogen-bond donors (Lipinski definition) is 0. The minimum absolute atomic E-state index is 0.111. The molecular formula is C14H12F2N4OS2. The number of benzene rings is 1. The first-order valence-electron chi connectivity index (χ1n) is 6.62. The Bertz CT molecular complexity index is 913. The Hall–Kier alpha value is -2.00. The van der Waals surface area contributed by atoms with Crippen molar-refractivity contribution in [3.63, 3.8) is 0 Å². The van der Waals surface area contributed by atoms with Crippen LogP contribution in [0.3, 0.4) is 0 Å². The van der Waals surface area contributed by atoms with Crippen molar-refractivity contribution in [1.82, 2.24) is 14.1 Å². The van der Waals surface area contributed by atoms with E-state index in [1.54, 1.807) is 42.1 Å². The number of fused-ring (bicyclic) bond motifs is 1. The fraction of sp³-hybridized carbons (Fsp3) is 0.214. The van der Waals surface area contributed by atoms with Crippen LogP contribution in [0.25, 0.3) is 11.0 Å². The van der Waals surface area contributed by atoms with E-state index in [1.165, 1.54) is 15.9 Å². The molecule has 5 nitrogen and oxygen atoms in total. The van der Waals surface area contributed by atoms with Crippen LogP contribution in [0.1, 0.15) is 0 Å². The molecule has 0 spiro atoms. The van der Waals surface area contributed by atoms with Crippen LogP contribution in [0.5, 0.6) is 0 Å². The number of imidazole rings is 1. The van der Waals surface area contributed by atoms with Crippen LogP contribution in [-0.4, -0.2) is 25.8 Å². The van der Waals surface area contributed by atoms with Gasteiger partial charge in [0.25, 0.3) is 11.7 Å². The molecule has 1 amide bonds. The summed E-state index contributed by atoms with van der Waals surface area (Å²) in [7, 11) is 1.79. The number of amides is 1. The van der Waals surface area contributed by atoms with E-state index in [-0.39, 0.29) is 11.7 Å². The van der Waals surface area contributed by atoms with Crippen molar-refractivity contribution in [2.24, 2.45) is 12.0 Å². The summed E-state index contributed by atoms with van der Waals surface area (Å²) in [5.74, 6) is -3.02. The highest BCUT2D eigenvalue weighted by Gasteiger charge is 2.17. The summed E-state index contributed by atoms with van der Waals surface area (Å²) in [6.07, 6.45) is 1.79. The molecule has 120 valence electrons. The molecule has 3 rings (SSSR count). The smallest absolute Gasteiger partial charge is 0.291 e. The van der Waals surface area contributed by atoms with Gasteiger partial charge >= 0.3 is 0 Å². The van der Waals surface area contributed by atoms with E-state index >= 15 is 0 Å². The SMILES string of the molecule is Cn1ccsc1=NC(=O)Cn1c(SC(F)F)nc2ccccc21. The van der Waals surface area contributed by atoms with Crippen LogP contribution in [0.2, 0.25) is 0 Å². The molecule has 0 aliphatic carbocycles. The fourth-order valence-corrected chi connectivity index (χ4v) is 3.44. The third-order valence-electron chi connectivity index (χ3n) is 3.09. The number of halogens is 2. The van der Waals surface area contributed by atoms with Crippen molar-refractivity contribution >= 4 is 40.0 Å². The lowest BCUT2D eigenvalue weighted by Gasteiger charge is -2.05. The molecule has 0 saturated carbocycles. The summed E-state index contributed by atoms with van der Waals surface area (Å²) < 4.78 is 28.7. The molecule has 23 heavy (non-hydrogen) atoms. The molecule has 0 N–H and O–H groups in total. The largest absolute Gasteiger partial charge is 0.327 e. The van der Waals surface area contributed by atoms with Crippen molar-refractivity contribution in [3.05, 3.63) is 40.6 Å². The van der Waals surface area contributed by atoms with Gasteiger partial charge in [0.2, 0.25) is 0 Å². The zero-order chi connectivity index (χ0) is 16.4. The second kappa shape index (κ2) is 6.63. The Morgan fingerprint density at radius 2 is 2.22 bits per heavy atom. The maximum absolute atomic E-state index is 12.7. The number of alkyl halides is 2. The predicted molar refractivity (Wildman–Crippen MR) is 85.5 cm³/mol. The Labute approximate surface area is 138 Å². The summed E-state index contributed by atoms with van der Waals surface area (Å²) >= 11 is 1.66. The van der Waals surface area contributed by atoms with Gasteiger partial charge in [-0.25, -0.2) is 4.98 Å². The van der Waals surface area contributed by atoms with E-state index in [2.05, 4.69) is 9.98 Å². The third-order valence-corrected chi connectivity index (χ3v) is 4.64. The van der Waals surface area contributed by atoms with E-state index in [4.69, 9.17) is 0 Å². The molecule has 1 aromatic carbocycles. The van der Waals surface area contributed by atoms with Gasteiger partial charge in [0, 0.05) is 18.6 Å². The topological polar surface area (TPSA) is 52.2 Å². The minimum atomic E-state index is -2.60. The van der Waals surface area contributed by atoms with Gasteiger partial charge < -0.3 is 9.13 Å². The number of aryl methyl sites for hydroxylation is 1. The number of carbonyl (C=O) groups excluding carboxylic acids is 1. The average Bonchev–Trinajstić information content (AvgIpc) is 3.04. The number of nitrogens with zero attached hydrogens (tertiary/aromatic N) is 4. The molecule has 0 radical (unpaired) electrons. The lowest BCUT2D eigenvalue weighted by Crippen LogP contribution is -2.16. The van der Waals surface area contributed by atoms with Gasteiger partial charge in [0.15, 0.2) is 9.96 Å². The van der Waals surface area contributed by atoms with Crippen molar-refractivity contribution in [2.75, 3.05) is 0 Å². The molecule has 2 aromatic heterocycles. The lowest BCUT2D eigenvalue weighted by molar-refractivity contribution is -0.118. The van der Waals surface area contributed by atoms with Crippen LogP contribution in [0.15, 0.2) is 46.0 Å². The van der Waals surface area contributed by atoms with Gasteiger partial charge in [-0.15, -0.1) is 11.3 Å². The lowest BCUT2D eigenvalue weighted by atomic mass is 10.3. The standard InChI is InChI=1S/C14H12F2N4OS2/c1-19-6-7-22-13(19)18-11(21)8-20-10-5-3-2-4-9(10)17-14(20)23-12(15)16/h2-7,12H,8H2,1H3. The normalized spacial score (nSPS) is 12.4. The zero-order valence-corrected chi connectivity index (χ0v) is 13.7. The van der Waals surface area contributed by atoms with Gasteiger partial charge in [0.05, 0.1) is 11.0 Å². The quantitative estimate of drug-likeness (QED) is 0.677. The fourth-order valence-electron chi connectivity index (χ4n) is 2.09. The van der Waals surface area contributed by atoms with E-state index in [0.717, 1.165) is 0 Å². The Morgan fingerprint density at radius 3 is 2.91 bits per heavy atom. The molecule has 2 heterocycles. The van der Waals surface area contributed by atoms with E-state index in [0.29, 0.717) is 27.6 Å². The van der Waals surface area contributed by atoms with Crippen molar-refractivity contribution in [2.45, 2.75) is 17.5 Å². The van der Waals surface area contributed by atoms with Crippen molar-refractivity contribution in [1.29, 1.82) is 0 Å². The number of para-hydroxylation sites is 2. The van der Waals surface area contributed by atoms with E-state index in [1.807, 2.05) is 5.38 Å². The van der Waals surface area contributed by atoms with Crippen molar-refractivity contribution in [3.8, 4) is 0 Å². The van der Waals surface area contributed by atoms with Gasteiger partial charge in [-0.2, -0.15) is 13.8 Å². The highest BCUT2D eigenvalue weighted by Crippen LogP contribution is 2.28. The minimum Gasteiger partial charge on any atom is -0.327 e. The summed E-state index contributed by atoms with van der Waals surface area (Å²) in [6.45, 7) is -0.131. The monoisotopic (exact) mass is 354 g/mol. The molecule has 0 unspecified atom stereocenters. The number of carbonyl (C=O) groups is 1. The maximum Gasteiger partial charge on any atom is 0.291 e. The molecule has 0 bridgehead atoms. The summed E-state index contributed by atoms with van der Waals surface area (Å²) in [4.78, 5) is 20.9. The zero-order valence-electron chi connectivity index (χ0n) is 12.0. The van der Waals surface area contributed by atoms with Crippen LogP contribution in [0, 0.1) is 0 Å². The second-order valence-corrected chi connectivity index (χ2v) is 6.48. The van der Waals surface area contributed by atoms with Crippen molar-refractivity contribution < 1.29 is 13.6 Å². The molecule has 0 atom stereocenters. The molecule has 3 aromatic rings. The second-order valence-electron chi connectivity index (χ2n) is 4.65. The molecular weight excluding hydrogens is 342 g/mol. The van der Waals surface area contributed by atoms with Gasteiger partial charge in [-0.1, -0.05) is 12.1 Å². The first-order chi connectivity index (χ1) is 11.0. The predicted octanol–water partition coefficient (Wildman–Crippen LogP) is 2.88. The summed E-state index contributed by atoms with van der Waals surface area (Å²) in [5.41, 5.74) is 1.21. The number of rotatable bonds is 4. The van der Waals surface area contributed by atoms with Gasteiger partial charge in [0.1, 0.15) is 6.54 Å². The number of aromatic nitrogens is 3. The maximum atomic E-state index is 12.7. The van der Waals surface area contributed by atoms with E-state index in [9.17, 15) is 13.6 Å². The van der Waals surface area contributed by atoms with Crippen LogP contribution < -0.4 is 4.80 Å². The third kappa shape index (κ3) is 3.50. The molecule has 0 fully saturated rings. The molecule has 0 aliphatic rings. The van der Waals surface area contributed by atoms with Crippen LogP contribution >= 0.6 is 23.1 Å². The molecule has 0 saturated heterocycles. The van der Waals surface area contributed by atoms with Gasteiger partial charge in [-0.05, 0) is 23.9 Å². The summed E-state index contributed by atoms with van der Waals surface area (Å²) in [5, 5.41) is 1.93. The average molecular weight is 354 g/mol.